The van der Waals surface area contributed by atoms with Crippen LogP contribution in [0.2, 0.25) is 0 Å². The molecule has 2 aromatic carbocycles. The first-order valence-corrected chi connectivity index (χ1v) is 11.8. The number of halogens is 6. The maximum Gasteiger partial charge on any atom is 0.419 e. The Morgan fingerprint density at radius 2 is 1.06 bits per heavy atom. The lowest BCUT2D eigenvalue weighted by Gasteiger charge is -2.35. The molecule has 0 aliphatic heterocycles. The minimum absolute atomic E-state index is 0.163. The van der Waals surface area contributed by atoms with Gasteiger partial charge in [-0.1, -0.05) is 79.9 Å². The van der Waals surface area contributed by atoms with E-state index in [1.54, 1.807) is 0 Å². The van der Waals surface area contributed by atoms with Crippen LogP contribution in [0.1, 0.15) is 55.4 Å². The third-order valence-corrected chi connectivity index (χ3v) is 7.75. The summed E-state index contributed by atoms with van der Waals surface area (Å²) >= 11 is 0. The van der Waals surface area contributed by atoms with Gasteiger partial charge in [0.15, 0.2) is 12.2 Å². The molecule has 2 aromatic rings. The van der Waals surface area contributed by atoms with E-state index in [0.29, 0.717) is 12.8 Å². The van der Waals surface area contributed by atoms with Gasteiger partial charge in [-0.25, -0.2) is 0 Å². The maximum absolute atomic E-state index is 13.9. The number of rotatable bonds is 7. The van der Waals surface area contributed by atoms with E-state index in [-0.39, 0.29) is 24.0 Å². The SMILES string of the molecule is O=P(OC(c1ccccc1)C(F)(F)F)(OC(c1ccccc1)C(F)(F)F)C1CCCCC1. The van der Waals surface area contributed by atoms with Crippen molar-refractivity contribution >= 4 is 7.60 Å². The third-order valence-electron chi connectivity index (χ3n) is 5.33. The number of benzene rings is 2. The molecule has 2 unspecified atom stereocenters. The summed E-state index contributed by atoms with van der Waals surface area (Å²) in [7, 11) is -4.87. The van der Waals surface area contributed by atoms with Crippen LogP contribution >= 0.6 is 7.60 Å². The first-order valence-electron chi connectivity index (χ1n) is 10.2. The standard InChI is InChI=1S/C22H23F6O3P/c23-21(24,25)19(16-10-4-1-5-11-16)30-32(29,18-14-8-3-9-15-18)31-20(22(26,27)28)17-12-6-2-7-13-17/h1-2,4-7,10-13,18-20H,3,8-9,14-15H2. The lowest BCUT2D eigenvalue weighted by molar-refractivity contribution is -0.214. The molecule has 0 heterocycles. The van der Waals surface area contributed by atoms with E-state index in [1.165, 1.54) is 36.4 Å². The molecule has 1 fully saturated rings. The zero-order valence-electron chi connectivity index (χ0n) is 17.0. The number of hydrogen-bond donors (Lipinski definition) is 0. The zero-order chi connectivity index (χ0) is 23.4. The Morgan fingerprint density at radius 3 is 1.41 bits per heavy atom. The first-order chi connectivity index (χ1) is 15.0. The minimum atomic E-state index is -5.00. The van der Waals surface area contributed by atoms with Crippen LogP contribution in [-0.2, 0) is 13.6 Å². The lowest BCUT2D eigenvalue weighted by atomic mass is 10.0. The van der Waals surface area contributed by atoms with Crippen molar-refractivity contribution in [3.63, 3.8) is 0 Å². The molecule has 1 saturated carbocycles. The van der Waals surface area contributed by atoms with Crippen LogP contribution in [0.3, 0.4) is 0 Å². The van der Waals surface area contributed by atoms with E-state index in [4.69, 9.17) is 9.05 Å². The lowest BCUT2D eigenvalue weighted by Crippen LogP contribution is -2.29. The van der Waals surface area contributed by atoms with Crippen LogP contribution in [0.15, 0.2) is 60.7 Å². The van der Waals surface area contributed by atoms with Crippen LogP contribution in [0.4, 0.5) is 26.3 Å². The van der Waals surface area contributed by atoms with Gasteiger partial charge in [0.2, 0.25) is 0 Å². The minimum Gasteiger partial charge on any atom is -0.290 e. The average molecular weight is 480 g/mol. The summed E-state index contributed by atoms with van der Waals surface area (Å²) in [6.07, 6.45) is -13.3. The number of hydrogen-bond acceptors (Lipinski definition) is 3. The summed E-state index contributed by atoms with van der Waals surface area (Å²) < 4.78 is 107. The second-order valence-corrected chi connectivity index (χ2v) is 9.94. The molecular weight excluding hydrogens is 457 g/mol. The van der Waals surface area contributed by atoms with Crippen molar-refractivity contribution in [3.05, 3.63) is 71.8 Å². The topological polar surface area (TPSA) is 35.5 Å². The van der Waals surface area contributed by atoms with Gasteiger partial charge in [-0.3, -0.25) is 13.6 Å². The Balaban J connectivity index is 2.02. The highest BCUT2D eigenvalue weighted by Gasteiger charge is 2.53. The van der Waals surface area contributed by atoms with Crippen LogP contribution in [0.25, 0.3) is 0 Å². The highest BCUT2D eigenvalue weighted by atomic mass is 31.2. The van der Waals surface area contributed by atoms with Crippen molar-refractivity contribution in [1.82, 2.24) is 0 Å². The van der Waals surface area contributed by atoms with Crippen LogP contribution in [0.5, 0.6) is 0 Å². The predicted molar refractivity (Wildman–Crippen MR) is 107 cm³/mol. The molecule has 3 rings (SSSR count). The van der Waals surface area contributed by atoms with E-state index in [9.17, 15) is 30.9 Å². The quantitative estimate of drug-likeness (QED) is 0.296. The largest absolute Gasteiger partial charge is 0.419 e. The first kappa shape index (κ1) is 24.8. The normalized spacial score (nSPS) is 19.8. The van der Waals surface area contributed by atoms with Gasteiger partial charge in [0.1, 0.15) is 0 Å². The van der Waals surface area contributed by atoms with Crippen LogP contribution < -0.4 is 0 Å². The van der Waals surface area contributed by atoms with Gasteiger partial charge in [-0.15, -0.1) is 0 Å². The van der Waals surface area contributed by atoms with Gasteiger partial charge in [-0.05, 0) is 24.0 Å². The molecule has 10 heteroatoms. The van der Waals surface area contributed by atoms with E-state index in [2.05, 4.69) is 0 Å². The van der Waals surface area contributed by atoms with Gasteiger partial charge >= 0.3 is 19.9 Å². The number of alkyl halides is 6. The van der Waals surface area contributed by atoms with Crippen LogP contribution in [-0.4, -0.2) is 18.0 Å². The molecule has 2 atom stereocenters. The Hall–Kier alpha value is -1.83. The van der Waals surface area contributed by atoms with Gasteiger partial charge in [0.25, 0.3) is 0 Å². The van der Waals surface area contributed by atoms with Crippen molar-refractivity contribution < 1.29 is 40.0 Å². The fourth-order valence-electron chi connectivity index (χ4n) is 3.76. The Bertz CT molecular complexity index is 832. The van der Waals surface area contributed by atoms with Crippen molar-refractivity contribution in [1.29, 1.82) is 0 Å². The summed E-state index contributed by atoms with van der Waals surface area (Å²) in [5.41, 5.74) is -1.77. The second-order valence-electron chi connectivity index (χ2n) is 7.71. The van der Waals surface area contributed by atoms with E-state index in [0.717, 1.165) is 30.7 Å². The zero-order valence-corrected chi connectivity index (χ0v) is 17.9. The molecule has 0 spiro atoms. The molecule has 0 N–H and O–H groups in total. The molecule has 0 saturated heterocycles. The predicted octanol–water partition coefficient (Wildman–Crippen LogP) is 8.15. The molecule has 0 bridgehead atoms. The van der Waals surface area contributed by atoms with Crippen LogP contribution in [0, 0.1) is 0 Å². The average Bonchev–Trinajstić information content (AvgIpc) is 2.76. The van der Waals surface area contributed by atoms with Crippen molar-refractivity contribution in [3.8, 4) is 0 Å². The van der Waals surface area contributed by atoms with E-state index >= 15 is 0 Å². The van der Waals surface area contributed by atoms with E-state index in [1.807, 2.05) is 0 Å². The molecule has 0 aromatic heterocycles. The summed E-state index contributed by atoms with van der Waals surface area (Å²) in [6, 6.07) is 12.8. The van der Waals surface area contributed by atoms with Crippen molar-refractivity contribution in [2.75, 3.05) is 0 Å². The van der Waals surface area contributed by atoms with E-state index < -0.39 is 37.8 Å². The maximum atomic E-state index is 13.9. The Kier molecular flexibility index (Phi) is 7.73. The Labute approximate surface area is 182 Å². The highest BCUT2D eigenvalue weighted by molar-refractivity contribution is 7.54. The summed E-state index contributed by atoms with van der Waals surface area (Å²) in [5.74, 6) is 0. The molecule has 0 radical (unpaired) electrons. The molecule has 0 amide bonds. The van der Waals surface area contributed by atoms with Gasteiger partial charge < -0.3 is 0 Å². The molecular formula is C22H23F6O3P. The molecule has 3 nitrogen and oxygen atoms in total. The Morgan fingerprint density at radius 1 is 0.688 bits per heavy atom. The highest BCUT2D eigenvalue weighted by Crippen LogP contribution is 2.65. The van der Waals surface area contributed by atoms with Gasteiger partial charge in [-0.2, -0.15) is 26.3 Å². The van der Waals surface area contributed by atoms with Crippen molar-refractivity contribution in [2.45, 2.75) is 62.3 Å². The monoisotopic (exact) mass is 480 g/mol. The molecule has 32 heavy (non-hydrogen) atoms. The summed E-state index contributed by atoms with van der Waals surface area (Å²) in [5, 5.41) is 0. The summed E-state index contributed by atoms with van der Waals surface area (Å²) in [6.45, 7) is 0. The second kappa shape index (κ2) is 9.98. The van der Waals surface area contributed by atoms with Crippen molar-refractivity contribution in [2.24, 2.45) is 0 Å². The van der Waals surface area contributed by atoms with Gasteiger partial charge in [0, 0.05) is 0 Å². The third kappa shape index (κ3) is 6.15. The fraction of sp³-hybridized carbons (Fsp3) is 0.455. The molecule has 1 aliphatic carbocycles. The smallest absolute Gasteiger partial charge is 0.290 e. The fourth-order valence-corrected chi connectivity index (χ4v) is 6.22. The molecule has 1 aliphatic rings. The summed E-state index contributed by atoms with van der Waals surface area (Å²) in [4.78, 5) is 0. The van der Waals surface area contributed by atoms with Gasteiger partial charge in [0.05, 0.1) is 5.66 Å². The molecule has 176 valence electrons.